The zero-order chi connectivity index (χ0) is 15.3. The van der Waals surface area contributed by atoms with Crippen LogP contribution in [0.2, 0.25) is 0 Å². The summed E-state index contributed by atoms with van der Waals surface area (Å²) in [6.07, 6.45) is 5.28. The number of fused-ring (bicyclic) bond motifs is 1. The van der Waals surface area contributed by atoms with Gasteiger partial charge < -0.3 is 11.5 Å². The minimum absolute atomic E-state index is 0.127. The van der Waals surface area contributed by atoms with Gasteiger partial charge >= 0.3 is 0 Å². The first-order chi connectivity index (χ1) is 10.6. The number of hydrogen-bond donors (Lipinski definition) is 3. The van der Waals surface area contributed by atoms with Crippen molar-refractivity contribution < 1.29 is 0 Å². The highest BCUT2D eigenvalue weighted by Crippen LogP contribution is 2.47. The average Bonchev–Trinajstić information content (AvgIpc) is 2.97. The van der Waals surface area contributed by atoms with Crippen LogP contribution in [-0.4, -0.2) is 20.2 Å². The van der Waals surface area contributed by atoms with Gasteiger partial charge in [0.25, 0.3) is 0 Å². The molecule has 3 aromatic rings. The van der Waals surface area contributed by atoms with Crippen LogP contribution < -0.4 is 11.5 Å². The molecule has 0 spiro atoms. The number of nitrogens with two attached hydrogens (primary N) is 2. The normalized spacial score (nSPS) is 16.6. The van der Waals surface area contributed by atoms with Gasteiger partial charge in [-0.1, -0.05) is 13.3 Å². The van der Waals surface area contributed by atoms with E-state index < -0.39 is 0 Å². The quantitative estimate of drug-likeness (QED) is 0.673. The second-order valence-corrected chi connectivity index (χ2v) is 6.27. The van der Waals surface area contributed by atoms with Gasteiger partial charge in [-0.05, 0) is 42.0 Å². The number of rotatable bonds is 2. The van der Waals surface area contributed by atoms with E-state index in [9.17, 15) is 0 Å². The number of nitrogens with zero attached hydrogens (tertiary/aromatic N) is 3. The molecule has 6 heteroatoms. The molecule has 1 aromatic carbocycles. The molecular weight excluding hydrogens is 276 g/mol. The molecule has 1 fully saturated rings. The molecule has 0 saturated heterocycles. The Kier molecular flexibility index (Phi) is 2.63. The molecule has 0 unspecified atom stereocenters. The summed E-state index contributed by atoms with van der Waals surface area (Å²) in [6.45, 7) is 2.28. The van der Waals surface area contributed by atoms with Crippen molar-refractivity contribution in [1.82, 2.24) is 20.2 Å². The highest BCUT2D eigenvalue weighted by molar-refractivity contribution is 5.95. The first kappa shape index (κ1) is 13.1. The van der Waals surface area contributed by atoms with Crippen LogP contribution in [0.4, 0.5) is 11.8 Å². The molecule has 1 saturated carbocycles. The van der Waals surface area contributed by atoms with E-state index in [1.807, 2.05) is 12.1 Å². The molecule has 2 aromatic heterocycles. The number of H-pyrrole nitrogens is 1. The van der Waals surface area contributed by atoms with Crippen molar-refractivity contribution in [1.29, 1.82) is 0 Å². The Hall–Kier alpha value is -2.63. The number of hydrogen-bond acceptors (Lipinski definition) is 5. The summed E-state index contributed by atoms with van der Waals surface area (Å²) in [5.41, 5.74) is 16.1. The summed E-state index contributed by atoms with van der Waals surface area (Å²) in [5, 5.41) is 7.97. The van der Waals surface area contributed by atoms with Gasteiger partial charge in [0, 0.05) is 17.1 Å². The van der Waals surface area contributed by atoms with E-state index in [0.29, 0.717) is 5.82 Å². The van der Waals surface area contributed by atoms with Gasteiger partial charge in [-0.15, -0.1) is 0 Å². The van der Waals surface area contributed by atoms with Crippen molar-refractivity contribution in [3.8, 4) is 11.3 Å². The highest BCUT2D eigenvalue weighted by atomic mass is 15.1. The minimum Gasteiger partial charge on any atom is -0.383 e. The van der Waals surface area contributed by atoms with Gasteiger partial charge in [0.05, 0.1) is 11.2 Å². The molecule has 0 bridgehead atoms. The molecule has 22 heavy (non-hydrogen) atoms. The first-order valence-electron chi connectivity index (χ1n) is 7.44. The maximum atomic E-state index is 6.15. The van der Waals surface area contributed by atoms with Crippen LogP contribution in [0.3, 0.4) is 0 Å². The van der Waals surface area contributed by atoms with Gasteiger partial charge in [0.2, 0.25) is 5.95 Å². The Balaban J connectivity index is 2.05. The van der Waals surface area contributed by atoms with Crippen molar-refractivity contribution in [2.45, 2.75) is 31.6 Å². The Bertz CT molecular complexity index is 849. The molecule has 5 N–H and O–H groups in total. The summed E-state index contributed by atoms with van der Waals surface area (Å²) in [5.74, 6) is 0.665. The summed E-state index contributed by atoms with van der Waals surface area (Å²) >= 11 is 0. The van der Waals surface area contributed by atoms with Gasteiger partial charge in [-0.25, -0.2) is 4.98 Å². The van der Waals surface area contributed by atoms with Crippen LogP contribution in [0.15, 0.2) is 24.4 Å². The molecule has 4 rings (SSSR count). The van der Waals surface area contributed by atoms with Crippen LogP contribution in [0.1, 0.15) is 31.7 Å². The van der Waals surface area contributed by atoms with Crippen LogP contribution in [0, 0.1) is 0 Å². The lowest BCUT2D eigenvalue weighted by atomic mass is 9.65. The topological polar surface area (TPSA) is 106 Å². The van der Waals surface area contributed by atoms with Gasteiger partial charge in [0.15, 0.2) is 0 Å². The Morgan fingerprint density at radius 2 is 2.00 bits per heavy atom. The predicted molar refractivity (Wildman–Crippen MR) is 87.1 cm³/mol. The summed E-state index contributed by atoms with van der Waals surface area (Å²) < 4.78 is 0. The van der Waals surface area contributed by atoms with Gasteiger partial charge in [-0.2, -0.15) is 10.1 Å². The Morgan fingerprint density at radius 3 is 2.64 bits per heavy atom. The number of aromatic nitrogens is 4. The number of aromatic amines is 1. The molecular formula is C16H18N6. The highest BCUT2D eigenvalue weighted by Gasteiger charge is 2.36. The maximum Gasteiger partial charge on any atom is 0.222 e. The molecule has 0 radical (unpaired) electrons. The number of nitrogen functional groups attached to an aromatic ring is 2. The van der Waals surface area contributed by atoms with Crippen LogP contribution in [0.25, 0.3) is 22.2 Å². The third-order valence-corrected chi connectivity index (χ3v) is 4.76. The second kappa shape index (κ2) is 4.43. The molecule has 1 aliphatic rings. The SMILES string of the molecule is CC1(c2cc(-c3ccn[nH]3)cc3nc(N)nc(N)c23)CCC1. The predicted octanol–water partition coefficient (Wildman–Crippen LogP) is 2.63. The summed E-state index contributed by atoms with van der Waals surface area (Å²) in [6, 6.07) is 6.12. The minimum atomic E-state index is 0.127. The zero-order valence-corrected chi connectivity index (χ0v) is 12.4. The third kappa shape index (κ3) is 1.83. The molecule has 6 nitrogen and oxygen atoms in total. The molecule has 0 atom stereocenters. The first-order valence-corrected chi connectivity index (χ1v) is 7.44. The number of nitrogens with one attached hydrogen (secondary N) is 1. The van der Waals surface area contributed by atoms with Crippen molar-refractivity contribution >= 4 is 22.7 Å². The lowest BCUT2D eigenvalue weighted by molar-refractivity contribution is 0.274. The average molecular weight is 294 g/mol. The molecule has 0 aliphatic heterocycles. The lowest BCUT2D eigenvalue weighted by Gasteiger charge is -2.40. The van der Waals surface area contributed by atoms with Gasteiger partial charge in [0.1, 0.15) is 5.82 Å². The van der Waals surface area contributed by atoms with E-state index in [-0.39, 0.29) is 11.4 Å². The molecule has 0 amide bonds. The van der Waals surface area contributed by atoms with Gasteiger partial charge in [-0.3, -0.25) is 5.10 Å². The standard InChI is InChI=1S/C16H18N6/c1-16(4-2-5-16)10-7-9(11-3-6-19-22-11)8-12-13(10)14(17)21-15(18)20-12/h3,6-8H,2,4-5H2,1H3,(H,19,22)(H4,17,18,20,21). The van der Waals surface area contributed by atoms with Crippen molar-refractivity contribution in [3.63, 3.8) is 0 Å². The van der Waals surface area contributed by atoms with E-state index in [1.165, 1.54) is 12.0 Å². The van der Waals surface area contributed by atoms with E-state index in [1.54, 1.807) is 6.20 Å². The number of benzene rings is 1. The number of anilines is 2. The zero-order valence-electron chi connectivity index (χ0n) is 12.4. The molecule has 1 aliphatic carbocycles. The Labute approximate surface area is 128 Å². The smallest absolute Gasteiger partial charge is 0.222 e. The van der Waals surface area contributed by atoms with Crippen LogP contribution >= 0.6 is 0 Å². The van der Waals surface area contributed by atoms with E-state index in [4.69, 9.17) is 11.5 Å². The fourth-order valence-electron chi connectivity index (χ4n) is 3.34. The second-order valence-electron chi connectivity index (χ2n) is 6.27. The van der Waals surface area contributed by atoms with E-state index in [0.717, 1.165) is 35.0 Å². The largest absolute Gasteiger partial charge is 0.383 e. The molecule has 2 heterocycles. The van der Waals surface area contributed by atoms with Crippen LogP contribution in [0.5, 0.6) is 0 Å². The maximum absolute atomic E-state index is 6.15. The summed E-state index contributed by atoms with van der Waals surface area (Å²) in [7, 11) is 0. The fraction of sp³-hybridized carbons (Fsp3) is 0.312. The lowest BCUT2D eigenvalue weighted by Crippen LogP contribution is -2.31. The van der Waals surface area contributed by atoms with Crippen molar-refractivity contribution in [2.24, 2.45) is 0 Å². The van der Waals surface area contributed by atoms with Crippen molar-refractivity contribution in [3.05, 3.63) is 30.0 Å². The third-order valence-electron chi connectivity index (χ3n) is 4.76. The van der Waals surface area contributed by atoms with Crippen molar-refractivity contribution in [2.75, 3.05) is 11.5 Å². The monoisotopic (exact) mass is 294 g/mol. The molecule has 112 valence electrons. The fourth-order valence-corrected chi connectivity index (χ4v) is 3.34. The van der Waals surface area contributed by atoms with E-state index >= 15 is 0 Å². The van der Waals surface area contributed by atoms with E-state index in [2.05, 4.69) is 33.2 Å². The van der Waals surface area contributed by atoms with Crippen LogP contribution in [-0.2, 0) is 5.41 Å². The summed E-state index contributed by atoms with van der Waals surface area (Å²) in [4.78, 5) is 8.54. The Morgan fingerprint density at radius 1 is 1.18 bits per heavy atom.